The molecule has 2 rings (SSSR count). The smallest absolute Gasteiger partial charge is 0.169 e. The van der Waals surface area contributed by atoms with E-state index in [1.54, 1.807) is 11.0 Å². The minimum absolute atomic E-state index is 0.218. The first-order valence-electron chi connectivity index (χ1n) is 7.24. The van der Waals surface area contributed by atoms with Crippen LogP contribution in [0.2, 0.25) is 0 Å². The topological polar surface area (TPSA) is 61.2 Å². The molecule has 114 valence electrons. The van der Waals surface area contributed by atoms with Crippen LogP contribution >= 0.6 is 0 Å². The van der Waals surface area contributed by atoms with Crippen molar-refractivity contribution in [3.63, 3.8) is 0 Å². The lowest BCUT2D eigenvalue weighted by Crippen LogP contribution is -2.31. The average Bonchev–Trinajstić information content (AvgIpc) is 2.97. The number of benzene rings is 1. The fourth-order valence-corrected chi connectivity index (χ4v) is 1.92. The van der Waals surface area contributed by atoms with Gasteiger partial charge in [0, 0.05) is 26.3 Å². The van der Waals surface area contributed by atoms with Crippen molar-refractivity contribution in [2.24, 2.45) is 0 Å². The number of aromatic nitrogens is 3. The summed E-state index contributed by atoms with van der Waals surface area (Å²) in [5, 5.41) is 12.0. The van der Waals surface area contributed by atoms with Crippen molar-refractivity contribution < 1.29 is 9.47 Å². The largest absolute Gasteiger partial charge is 0.352 e. The van der Waals surface area contributed by atoms with Gasteiger partial charge in [0.05, 0.1) is 17.6 Å². The molecule has 0 aliphatic heterocycles. The fraction of sp³-hybridized carbons (Fsp3) is 0.467. The molecule has 0 fully saturated rings. The summed E-state index contributed by atoms with van der Waals surface area (Å²) in [7, 11) is 0. The molecule has 1 heterocycles. The SMILES string of the molecule is CCOC(CNCc1cnn(-c2ccccc2)n1)OCC. The van der Waals surface area contributed by atoms with Crippen molar-refractivity contribution in [1.29, 1.82) is 0 Å². The Hall–Kier alpha value is -1.76. The van der Waals surface area contributed by atoms with Crippen molar-refractivity contribution in [3.8, 4) is 5.69 Å². The Morgan fingerprint density at radius 1 is 1.14 bits per heavy atom. The van der Waals surface area contributed by atoms with E-state index in [-0.39, 0.29) is 6.29 Å². The number of ether oxygens (including phenoxy) is 2. The monoisotopic (exact) mass is 290 g/mol. The molecule has 6 heteroatoms. The van der Waals surface area contributed by atoms with Gasteiger partial charge in [-0.3, -0.25) is 0 Å². The van der Waals surface area contributed by atoms with Crippen LogP contribution in [-0.2, 0) is 16.0 Å². The summed E-state index contributed by atoms with van der Waals surface area (Å²) in [5.41, 5.74) is 1.83. The van der Waals surface area contributed by atoms with Crippen LogP contribution in [-0.4, -0.2) is 41.0 Å². The number of nitrogens with zero attached hydrogens (tertiary/aromatic N) is 3. The quantitative estimate of drug-likeness (QED) is 0.713. The average molecular weight is 290 g/mol. The Bertz CT molecular complexity index is 509. The first-order chi connectivity index (χ1) is 10.3. The summed E-state index contributed by atoms with van der Waals surface area (Å²) < 4.78 is 10.9. The lowest BCUT2D eigenvalue weighted by Gasteiger charge is -2.16. The van der Waals surface area contributed by atoms with E-state index < -0.39 is 0 Å². The fourth-order valence-electron chi connectivity index (χ4n) is 1.92. The van der Waals surface area contributed by atoms with E-state index >= 15 is 0 Å². The minimum atomic E-state index is -0.218. The molecule has 0 saturated heterocycles. The summed E-state index contributed by atoms with van der Waals surface area (Å²) in [6, 6.07) is 9.84. The van der Waals surface area contributed by atoms with E-state index in [9.17, 15) is 0 Å². The van der Waals surface area contributed by atoms with Crippen LogP contribution in [0.4, 0.5) is 0 Å². The predicted molar refractivity (Wildman–Crippen MR) is 80.1 cm³/mol. The summed E-state index contributed by atoms with van der Waals surface area (Å²) in [5.74, 6) is 0. The second kappa shape index (κ2) is 8.51. The summed E-state index contributed by atoms with van der Waals surface area (Å²) in [6.45, 7) is 6.44. The summed E-state index contributed by atoms with van der Waals surface area (Å²) in [4.78, 5) is 1.62. The maximum absolute atomic E-state index is 5.47. The maximum Gasteiger partial charge on any atom is 0.169 e. The maximum atomic E-state index is 5.47. The van der Waals surface area contributed by atoms with Crippen LogP contribution < -0.4 is 5.32 Å². The number of hydrogen-bond acceptors (Lipinski definition) is 5. The van der Waals surface area contributed by atoms with Gasteiger partial charge in [0.25, 0.3) is 0 Å². The highest BCUT2D eigenvalue weighted by molar-refractivity contribution is 5.28. The third kappa shape index (κ3) is 4.93. The van der Waals surface area contributed by atoms with Crippen LogP contribution in [0, 0.1) is 0 Å². The van der Waals surface area contributed by atoms with E-state index in [2.05, 4.69) is 15.5 Å². The molecule has 0 radical (unpaired) electrons. The van der Waals surface area contributed by atoms with Gasteiger partial charge in [0.2, 0.25) is 0 Å². The molecule has 21 heavy (non-hydrogen) atoms. The number of nitrogens with one attached hydrogen (secondary N) is 1. The summed E-state index contributed by atoms with van der Waals surface area (Å²) in [6.07, 6.45) is 1.54. The van der Waals surface area contributed by atoms with E-state index in [0.717, 1.165) is 11.4 Å². The highest BCUT2D eigenvalue weighted by Crippen LogP contribution is 2.04. The molecular formula is C15H22N4O2. The molecule has 1 aromatic carbocycles. The number of hydrogen-bond donors (Lipinski definition) is 1. The molecule has 0 aliphatic rings. The van der Waals surface area contributed by atoms with Gasteiger partial charge in [0.15, 0.2) is 6.29 Å². The van der Waals surface area contributed by atoms with E-state index in [0.29, 0.717) is 26.3 Å². The van der Waals surface area contributed by atoms with Gasteiger partial charge in [0.1, 0.15) is 0 Å². The van der Waals surface area contributed by atoms with Gasteiger partial charge in [-0.25, -0.2) is 0 Å². The summed E-state index contributed by atoms with van der Waals surface area (Å²) >= 11 is 0. The normalized spacial score (nSPS) is 11.2. The highest BCUT2D eigenvalue weighted by Gasteiger charge is 2.08. The Labute approximate surface area is 125 Å². The van der Waals surface area contributed by atoms with Gasteiger partial charge in [-0.05, 0) is 26.0 Å². The Kier molecular flexibility index (Phi) is 6.33. The highest BCUT2D eigenvalue weighted by atomic mass is 16.7. The van der Waals surface area contributed by atoms with Crippen LogP contribution in [0.15, 0.2) is 36.5 Å². The zero-order valence-electron chi connectivity index (χ0n) is 12.5. The standard InChI is InChI=1S/C15H22N4O2/c1-3-20-15(21-4-2)12-16-10-13-11-17-19(18-13)14-8-6-5-7-9-14/h5-9,11,15-16H,3-4,10,12H2,1-2H3. The third-order valence-corrected chi connectivity index (χ3v) is 2.85. The molecule has 0 aliphatic carbocycles. The molecule has 0 amide bonds. The second-order valence-corrected chi connectivity index (χ2v) is 4.43. The first kappa shape index (κ1) is 15.6. The molecule has 0 unspecified atom stereocenters. The van der Waals surface area contributed by atoms with Crippen molar-refractivity contribution in [1.82, 2.24) is 20.3 Å². The lowest BCUT2D eigenvalue weighted by molar-refractivity contribution is -0.133. The Balaban J connectivity index is 1.83. The Morgan fingerprint density at radius 3 is 2.52 bits per heavy atom. The van der Waals surface area contributed by atoms with Crippen LogP contribution in [0.25, 0.3) is 5.69 Å². The molecule has 0 spiro atoms. The van der Waals surface area contributed by atoms with Crippen LogP contribution in [0.3, 0.4) is 0 Å². The Morgan fingerprint density at radius 2 is 1.86 bits per heavy atom. The second-order valence-electron chi connectivity index (χ2n) is 4.43. The number of rotatable bonds is 9. The van der Waals surface area contributed by atoms with Gasteiger partial charge < -0.3 is 14.8 Å². The van der Waals surface area contributed by atoms with Crippen LogP contribution in [0.1, 0.15) is 19.5 Å². The van der Waals surface area contributed by atoms with Crippen molar-refractivity contribution in [2.75, 3.05) is 19.8 Å². The van der Waals surface area contributed by atoms with Crippen LogP contribution in [0.5, 0.6) is 0 Å². The van der Waals surface area contributed by atoms with E-state index in [1.807, 2.05) is 44.2 Å². The first-order valence-corrected chi connectivity index (χ1v) is 7.24. The van der Waals surface area contributed by atoms with Crippen molar-refractivity contribution >= 4 is 0 Å². The molecule has 1 N–H and O–H groups in total. The molecule has 2 aromatic rings. The van der Waals surface area contributed by atoms with E-state index in [1.165, 1.54) is 0 Å². The van der Waals surface area contributed by atoms with Gasteiger partial charge in [-0.1, -0.05) is 18.2 Å². The lowest BCUT2D eigenvalue weighted by atomic mass is 10.3. The minimum Gasteiger partial charge on any atom is -0.352 e. The molecule has 0 saturated carbocycles. The van der Waals surface area contributed by atoms with Crippen molar-refractivity contribution in [3.05, 3.63) is 42.2 Å². The predicted octanol–water partition coefficient (Wildman–Crippen LogP) is 1.76. The zero-order valence-corrected chi connectivity index (χ0v) is 12.5. The van der Waals surface area contributed by atoms with E-state index in [4.69, 9.17) is 9.47 Å². The zero-order chi connectivity index (χ0) is 14.9. The number of para-hydroxylation sites is 1. The molecule has 0 bridgehead atoms. The molecular weight excluding hydrogens is 268 g/mol. The van der Waals surface area contributed by atoms with Crippen molar-refractivity contribution in [2.45, 2.75) is 26.7 Å². The molecule has 6 nitrogen and oxygen atoms in total. The van der Waals surface area contributed by atoms with Gasteiger partial charge in [-0.15, -0.1) is 0 Å². The van der Waals surface area contributed by atoms with Gasteiger partial charge in [-0.2, -0.15) is 15.0 Å². The van der Waals surface area contributed by atoms with Gasteiger partial charge >= 0.3 is 0 Å². The third-order valence-electron chi connectivity index (χ3n) is 2.85. The molecule has 0 atom stereocenters. The molecule has 1 aromatic heterocycles.